The summed E-state index contributed by atoms with van der Waals surface area (Å²) in [7, 11) is 0. The molecule has 0 saturated carbocycles. The molecule has 30 heavy (non-hydrogen) atoms. The molecule has 2 amide bonds. The molecule has 2 aromatic carbocycles. The lowest BCUT2D eigenvalue weighted by atomic mass is 10.2. The van der Waals surface area contributed by atoms with E-state index in [4.69, 9.17) is 0 Å². The molecule has 0 radical (unpaired) electrons. The number of aryl methyl sites for hydroxylation is 3. The Kier molecular flexibility index (Phi) is 7.35. The quantitative estimate of drug-likeness (QED) is 0.428. The van der Waals surface area contributed by atoms with Gasteiger partial charge in [0, 0.05) is 24.4 Å². The third-order valence-corrected chi connectivity index (χ3v) is 5.68. The first-order valence-corrected chi connectivity index (χ1v) is 10.9. The SMILES string of the molecule is CCCn1c(=O)n(CCC(=O)NNC(=O)CSc2ccc(C)cc2)c2ccccc21. The first kappa shape index (κ1) is 21.7. The average Bonchev–Trinajstić information content (AvgIpc) is 3.02. The normalized spacial score (nSPS) is 10.9. The van der Waals surface area contributed by atoms with Gasteiger partial charge in [-0.25, -0.2) is 4.79 Å². The predicted octanol–water partition coefficient (Wildman–Crippen LogP) is 2.85. The van der Waals surface area contributed by atoms with Gasteiger partial charge in [-0.1, -0.05) is 36.8 Å². The largest absolute Gasteiger partial charge is 0.329 e. The Morgan fingerprint density at radius 1 is 0.900 bits per heavy atom. The van der Waals surface area contributed by atoms with Crippen molar-refractivity contribution < 1.29 is 9.59 Å². The van der Waals surface area contributed by atoms with Crippen LogP contribution in [0.2, 0.25) is 0 Å². The number of aromatic nitrogens is 2. The maximum atomic E-state index is 12.7. The molecule has 3 aromatic rings. The molecule has 0 spiro atoms. The summed E-state index contributed by atoms with van der Waals surface area (Å²) < 4.78 is 3.34. The van der Waals surface area contributed by atoms with Gasteiger partial charge >= 0.3 is 5.69 Å². The zero-order chi connectivity index (χ0) is 21.5. The highest BCUT2D eigenvalue weighted by Gasteiger charge is 2.13. The minimum absolute atomic E-state index is 0.0887. The number of carbonyl (C=O) groups is 2. The van der Waals surface area contributed by atoms with Crippen LogP contribution in [-0.2, 0) is 22.7 Å². The topological polar surface area (TPSA) is 85.1 Å². The maximum Gasteiger partial charge on any atom is 0.329 e. The van der Waals surface area contributed by atoms with E-state index in [1.165, 1.54) is 11.8 Å². The summed E-state index contributed by atoms with van der Waals surface area (Å²) in [6.07, 6.45) is 0.937. The Morgan fingerprint density at radius 3 is 2.13 bits per heavy atom. The van der Waals surface area contributed by atoms with E-state index in [2.05, 4.69) is 10.9 Å². The lowest BCUT2D eigenvalue weighted by Gasteiger charge is -2.08. The van der Waals surface area contributed by atoms with Crippen LogP contribution in [0.5, 0.6) is 0 Å². The van der Waals surface area contributed by atoms with Crippen molar-refractivity contribution in [2.45, 2.75) is 44.7 Å². The highest BCUT2D eigenvalue weighted by Crippen LogP contribution is 2.17. The molecule has 1 heterocycles. The first-order valence-electron chi connectivity index (χ1n) is 9.94. The molecule has 0 aliphatic rings. The Bertz CT molecular complexity index is 1090. The molecule has 0 bridgehead atoms. The number of nitrogens with one attached hydrogen (secondary N) is 2. The number of nitrogens with zero attached hydrogens (tertiary/aromatic N) is 2. The second kappa shape index (κ2) is 10.2. The van der Waals surface area contributed by atoms with Crippen LogP contribution in [0.3, 0.4) is 0 Å². The highest BCUT2D eigenvalue weighted by molar-refractivity contribution is 8.00. The summed E-state index contributed by atoms with van der Waals surface area (Å²) in [5.41, 5.74) is 7.56. The van der Waals surface area contributed by atoms with Crippen LogP contribution in [0.4, 0.5) is 0 Å². The molecule has 1 aromatic heterocycles. The summed E-state index contributed by atoms with van der Waals surface area (Å²) in [4.78, 5) is 37.8. The average molecular weight is 427 g/mol. The lowest BCUT2D eigenvalue weighted by molar-refractivity contribution is -0.127. The van der Waals surface area contributed by atoms with Gasteiger partial charge in [-0.15, -0.1) is 11.8 Å². The Hall–Kier alpha value is -3.00. The fourth-order valence-electron chi connectivity index (χ4n) is 3.16. The number of benzene rings is 2. The molecule has 2 N–H and O–H groups in total. The van der Waals surface area contributed by atoms with Crippen molar-refractivity contribution in [1.82, 2.24) is 20.0 Å². The number of carbonyl (C=O) groups excluding carboxylic acids is 2. The maximum absolute atomic E-state index is 12.7. The van der Waals surface area contributed by atoms with E-state index in [0.29, 0.717) is 6.54 Å². The van der Waals surface area contributed by atoms with Crippen molar-refractivity contribution in [1.29, 1.82) is 0 Å². The second-order valence-corrected chi connectivity index (χ2v) is 8.07. The molecule has 0 aliphatic heterocycles. The number of fused-ring (bicyclic) bond motifs is 1. The van der Waals surface area contributed by atoms with E-state index >= 15 is 0 Å². The Balaban J connectivity index is 1.51. The standard InChI is InChI=1S/C22H26N4O3S/c1-3-13-25-18-6-4-5-7-19(18)26(22(25)29)14-12-20(27)23-24-21(28)15-30-17-10-8-16(2)9-11-17/h4-11H,3,12-15H2,1-2H3,(H,23,27)(H,24,28). The highest BCUT2D eigenvalue weighted by atomic mass is 32.2. The fourth-order valence-corrected chi connectivity index (χ4v) is 3.86. The number of hydrogen-bond acceptors (Lipinski definition) is 4. The van der Waals surface area contributed by atoms with Crippen LogP contribution in [-0.4, -0.2) is 26.7 Å². The molecule has 0 unspecified atom stereocenters. The van der Waals surface area contributed by atoms with Crippen LogP contribution in [0, 0.1) is 6.92 Å². The number of hydrazine groups is 1. The smallest absolute Gasteiger partial charge is 0.292 e. The van der Waals surface area contributed by atoms with Crippen molar-refractivity contribution in [3.63, 3.8) is 0 Å². The summed E-state index contributed by atoms with van der Waals surface area (Å²) >= 11 is 1.40. The van der Waals surface area contributed by atoms with Gasteiger partial charge < -0.3 is 0 Å². The molecule has 7 nitrogen and oxygen atoms in total. The Labute approximate surface area is 179 Å². The minimum Gasteiger partial charge on any atom is -0.292 e. The monoisotopic (exact) mass is 426 g/mol. The molecule has 0 fully saturated rings. The van der Waals surface area contributed by atoms with Gasteiger partial charge in [-0.2, -0.15) is 0 Å². The molecule has 0 atom stereocenters. The molecule has 0 saturated heterocycles. The lowest BCUT2D eigenvalue weighted by Crippen LogP contribution is -2.43. The number of thioether (sulfide) groups is 1. The van der Waals surface area contributed by atoms with Crippen molar-refractivity contribution >= 4 is 34.6 Å². The van der Waals surface area contributed by atoms with E-state index < -0.39 is 0 Å². The second-order valence-electron chi connectivity index (χ2n) is 7.02. The predicted molar refractivity (Wildman–Crippen MR) is 119 cm³/mol. The van der Waals surface area contributed by atoms with Gasteiger partial charge in [0.25, 0.3) is 0 Å². The van der Waals surface area contributed by atoms with Crippen LogP contribution in [0.1, 0.15) is 25.3 Å². The molecule has 158 valence electrons. The van der Waals surface area contributed by atoms with Crippen LogP contribution in [0.25, 0.3) is 11.0 Å². The number of imidazole rings is 1. The molecule has 0 aliphatic carbocycles. The van der Waals surface area contributed by atoms with Crippen molar-refractivity contribution in [3.05, 3.63) is 64.6 Å². The van der Waals surface area contributed by atoms with Crippen LogP contribution >= 0.6 is 11.8 Å². The van der Waals surface area contributed by atoms with E-state index in [0.717, 1.165) is 27.9 Å². The van der Waals surface area contributed by atoms with Gasteiger partial charge in [0.15, 0.2) is 0 Å². The summed E-state index contributed by atoms with van der Waals surface area (Å²) in [5.74, 6) is -0.429. The third kappa shape index (κ3) is 5.33. The van der Waals surface area contributed by atoms with Crippen LogP contribution in [0.15, 0.2) is 58.2 Å². The van der Waals surface area contributed by atoms with Crippen molar-refractivity contribution in [3.8, 4) is 0 Å². The number of amides is 2. The number of para-hydroxylation sites is 2. The summed E-state index contributed by atoms with van der Waals surface area (Å²) in [5, 5.41) is 0. The summed E-state index contributed by atoms with van der Waals surface area (Å²) in [6, 6.07) is 15.5. The fraction of sp³-hybridized carbons (Fsp3) is 0.318. The van der Waals surface area contributed by atoms with E-state index in [-0.39, 0.29) is 36.2 Å². The summed E-state index contributed by atoms with van der Waals surface area (Å²) in [6.45, 7) is 4.90. The third-order valence-electron chi connectivity index (χ3n) is 4.67. The van der Waals surface area contributed by atoms with E-state index in [9.17, 15) is 14.4 Å². The molecular weight excluding hydrogens is 400 g/mol. The molecule has 8 heteroatoms. The first-order chi connectivity index (χ1) is 14.5. The van der Waals surface area contributed by atoms with E-state index in [1.807, 2.05) is 62.4 Å². The minimum atomic E-state index is -0.345. The zero-order valence-corrected chi connectivity index (χ0v) is 18.0. The van der Waals surface area contributed by atoms with Crippen molar-refractivity contribution in [2.75, 3.05) is 5.75 Å². The van der Waals surface area contributed by atoms with Crippen LogP contribution < -0.4 is 16.5 Å². The van der Waals surface area contributed by atoms with E-state index in [1.54, 1.807) is 9.13 Å². The molecule has 3 rings (SSSR count). The van der Waals surface area contributed by atoms with Crippen molar-refractivity contribution in [2.24, 2.45) is 0 Å². The van der Waals surface area contributed by atoms with Gasteiger partial charge in [-0.3, -0.25) is 29.6 Å². The van der Waals surface area contributed by atoms with Gasteiger partial charge in [0.05, 0.1) is 16.8 Å². The van der Waals surface area contributed by atoms with Gasteiger partial charge in [-0.05, 0) is 37.6 Å². The van der Waals surface area contributed by atoms with Gasteiger partial charge in [0.1, 0.15) is 0 Å². The molecular formula is C22H26N4O3S. The zero-order valence-electron chi connectivity index (χ0n) is 17.2. The number of hydrogen-bond donors (Lipinski definition) is 2. The van der Waals surface area contributed by atoms with Gasteiger partial charge in [0.2, 0.25) is 11.8 Å². The number of rotatable bonds is 8. The Morgan fingerprint density at radius 2 is 1.50 bits per heavy atom.